The predicted octanol–water partition coefficient (Wildman–Crippen LogP) is 1.01. The number of thioether (sulfide) groups is 1. The van der Waals surface area contributed by atoms with E-state index in [-0.39, 0.29) is 5.56 Å². The first-order valence-electron chi connectivity index (χ1n) is 5.11. The van der Waals surface area contributed by atoms with Crippen molar-refractivity contribution in [3.63, 3.8) is 0 Å². The Bertz CT molecular complexity index is 541. The van der Waals surface area contributed by atoms with E-state index in [1.54, 1.807) is 35.3 Å². The number of hydrogen-bond acceptors (Lipinski definition) is 5. The minimum Gasteiger partial charge on any atom is -0.398 e. The highest BCUT2D eigenvalue weighted by molar-refractivity contribution is 7.99. The summed E-state index contributed by atoms with van der Waals surface area (Å²) in [6.45, 7) is 0.590. The predicted molar refractivity (Wildman–Crippen MR) is 67.9 cm³/mol. The Labute approximate surface area is 103 Å². The van der Waals surface area contributed by atoms with Gasteiger partial charge in [0.2, 0.25) is 0 Å². The van der Waals surface area contributed by atoms with Gasteiger partial charge in [-0.05, 0) is 12.1 Å². The number of anilines is 1. The number of hydrogen-bond donors (Lipinski definition) is 1. The van der Waals surface area contributed by atoms with Gasteiger partial charge in [-0.2, -0.15) is 0 Å². The highest BCUT2D eigenvalue weighted by Crippen LogP contribution is 2.10. The molecular formula is C11H12N4OS. The lowest BCUT2D eigenvalue weighted by molar-refractivity contribution is 0.735. The van der Waals surface area contributed by atoms with Crippen LogP contribution in [0.15, 0.2) is 46.7 Å². The van der Waals surface area contributed by atoms with Crippen LogP contribution in [-0.2, 0) is 6.54 Å². The SMILES string of the molecule is Nc1ccc(=O)n(CCSc2ncccn2)c1. The van der Waals surface area contributed by atoms with Gasteiger partial charge in [-0.15, -0.1) is 0 Å². The molecule has 17 heavy (non-hydrogen) atoms. The van der Waals surface area contributed by atoms with Gasteiger partial charge in [0.15, 0.2) is 5.16 Å². The Hall–Kier alpha value is -1.82. The summed E-state index contributed by atoms with van der Waals surface area (Å²) in [7, 11) is 0. The van der Waals surface area contributed by atoms with Gasteiger partial charge in [0.1, 0.15) is 0 Å². The van der Waals surface area contributed by atoms with Crippen molar-refractivity contribution in [1.82, 2.24) is 14.5 Å². The van der Waals surface area contributed by atoms with Gasteiger partial charge < -0.3 is 10.3 Å². The van der Waals surface area contributed by atoms with E-state index in [0.717, 1.165) is 5.75 Å². The van der Waals surface area contributed by atoms with Gasteiger partial charge in [-0.1, -0.05) is 11.8 Å². The van der Waals surface area contributed by atoms with Gasteiger partial charge in [-0.3, -0.25) is 4.79 Å². The molecule has 0 fully saturated rings. The number of aromatic nitrogens is 3. The summed E-state index contributed by atoms with van der Waals surface area (Å²) in [6, 6.07) is 4.84. The van der Waals surface area contributed by atoms with Crippen LogP contribution in [-0.4, -0.2) is 20.3 Å². The number of pyridine rings is 1. The Morgan fingerprint density at radius 3 is 2.82 bits per heavy atom. The minimum atomic E-state index is -0.0474. The van der Waals surface area contributed by atoms with E-state index in [0.29, 0.717) is 17.4 Å². The first-order chi connectivity index (χ1) is 8.25. The molecule has 0 spiro atoms. The van der Waals surface area contributed by atoms with Crippen molar-refractivity contribution >= 4 is 17.4 Å². The highest BCUT2D eigenvalue weighted by Gasteiger charge is 1.99. The maximum atomic E-state index is 11.5. The fourth-order valence-corrected chi connectivity index (χ4v) is 2.06. The molecule has 0 aromatic carbocycles. The Morgan fingerprint density at radius 1 is 1.29 bits per heavy atom. The lowest BCUT2D eigenvalue weighted by Crippen LogP contribution is -2.19. The van der Waals surface area contributed by atoms with Crippen LogP contribution in [0.2, 0.25) is 0 Å². The first-order valence-corrected chi connectivity index (χ1v) is 6.10. The van der Waals surface area contributed by atoms with Gasteiger partial charge in [0.25, 0.3) is 5.56 Å². The maximum Gasteiger partial charge on any atom is 0.250 e. The van der Waals surface area contributed by atoms with Crippen molar-refractivity contribution in [1.29, 1.82) is 0 Å². The minimum absolute atomic E-state index is 0.0474. The molecule has 0 radical (unpaired) electrons. The van der Waals surface area contributed by atoms with Crippen LogP contribution in [0.5, 0.6) is 0 Å². The molecule has 5 nitrogen and oxygen atoms in total. The zero-order chi connectivity index (χ0) is 12.1. The molecule has 0 aliphatic heterocycles. The number of nitrogens with two attached hydrogens (primary N) is 1. The molecule has 2 N–H and O–H groups in total. The van der Waals surface area contributed by atoms with Crippen molar-refractivity contribution in [3.8, 4) is 0 Å². The maximum absolute atomic E-state index is 11.5. The molecule has 2 aromatic heterocycles. The van der Waals surface area contributed by atoms with Crippen molar-refractivity contribution in [2.75, 3.05) is 11.5 Å². The summed E-state index contributed by atoms with van der Waals surface area (Å²) in [5, 5.41) is 0.712. The van der Waals surface area contributed by atoms with Gasteiger partial charge in [0.05, 0.1) is 0 Å². The third kappa shape index (κ3) is 3.32. The summed E-state index contributed by atoms with van der Waals surface area (Å²) in [5.41, 5.74) is 6.16. The van der Waals surface area contributed by atoms with E-state index >= 15 is 0 Å². The van der Waals surface area contributed by atoms with Crippen LogP contribution in [0.25, 0.3) is 0 Å². The Morgan fingerprint density at radius 2 is 2.06 bits per heavy atom. The molecule has 2 heterocycles. The standard InChI is InChI=1S/C11H12N4OS/c12-9-2-3-10(16)15(8-9)6-7-17-11-13-4-1-5-14-11/h1-5,8H,6-7,12H2. The van der Waals surface area contributed by atoms with Gasteiger partial charge in [-0.25, -0.2) is 9.97 Å². The van der Waals surface area contributed by atoms with Crippen molar-refractivity contribution in [2.45, 2.75) is 11.7 Å². The van der Waals surface area contributed by atoms with Crippen LogP contribution in [0.1, 0.15) is 0 Å². The molecule has 0 atom stereocenters. The molecular weight excluding hydrogens is 236 g/mol. The highest BCUT2D eigenvalue weighted by atomic mass is 32.2. The Kier molecular flexibility index (Phi) is 3.77. The quantitative estimate of drug-likeness (QED) is 0.645. The van der Waals surface area contributed by atoms with Crippen LogP contribution in [0.3, 0.4) is 0 Å². The second kappa shape index (κ2) is 5.49. The summed E-state index contributed by atoms with van der Waals surface area (Å²) in [5.74, 6) is 0.730. The molecule has 0 unspecified atom stereocenters. The third-order valence-corrected chi connectivity index (χ3v) is 2.97. The third-order valence-electron chi connectivity index (χ3n) is 2.11. The van der Waals surface area contributed by atoms with E-state index in [1.807, 2.05) is 0 Å². The van der Waals surface area contributed by atoms with E-state index in [4.69, 9.17) is 5.73 Å². The van der Waals surface area contributed by atoms with E-state index in [1.165, 1.54) is 17.8 Å². The first kappa shape index (κ1) is 11.7. The van der Waals surface area contributed by atoms with Crippen molar-refractivity contribution in [3.05, 3.63) is 47.1 Å². The average Bonchev–Trinajstić information content (AvgIpc) is 2.35. The lowest BCUT2D eigenvalue weighted by atomic mass is 10.4. The molecule has 0 saturated carbocycles. The van der Waals surface area contributed by atoms with Crippen LogP contribution < -0.4 is 11.3 Å². The second-order valence-electron chi connectivity index (χ2n) is 3.37. The van der Waals surface area contributed by atoms with Crippen LogP contribution in [0.4, 0.5) is 5.69 Å². The molecule has 0 saturated heterocycles. The summed E-state index contributed by atoms with van der Waals surface area (Å²) in [4.78, 5) is 19.7. The molecule has 0 amide bonds. The topological polar surface area (TPSA) is 73.8 Å². The normalized spacial score (nSPS) is 10.4. The number of rotatable bonds is 4. The summed E-state index contributed by atoms with van der Waals surface area (Å²) in [6.07, 6.45) is 5.04. The van der Waals surface area contributed by atoms with Crippen molar-refractivity contribution < 1.29 is 0 Å². The van der Waals surface area contributed by atoms with Gasteiger partial charge in [0, 0.05) is 42.6 Å². The molecule has 88 valence electrons. The molecule has 2 aromatic rings. The Balaban J connectivity index is 1.94. The van der Waals surface area contributed by atoms with Crippen LogP contribution >= 0.6 is 11.8 Å². The smallest absolute Gasteiger partial charge is 0.250 e. The molecule has 6 heteroatoms. The zero-order valence-electron chi connectivity index (χ0n) is 9.11. The molecule has 0 bridgehead atoms. The van der Waals surface area contributed by atoms with E-state index in [9.17, 15) is 4.79 Å². The van der Waals surface area contributed by atoms with Crippen LogP contribution in [0, 0.1) is 0 Å². The van der Waals surface area contributed by atoms with E-state index < -0.39 is 0 Å². The average molecular weight is 248 g/mol. The zero-order valence-corrected chi connectivity index (χ0v) is 9.93. The summed E-state index contributed by atoms with van der Waals surface area (Å²) >= 11 is 1.51. The number of nitrogen functional groups attached to an aromatic ring is 1. The van der Waals surface area contributed by atoms with E-state index in [2.05, 4.69) is 9.97 Å². The summed E-state index contributed by atoms with van der Waals surface area (Å²) < 4.78 is 1.59. The largest absolute Gasteiger partial charge is 0.398 e. The van der Waals surface area contributed by atoms with Crippen molar-refractivity contribution in [2.24, 2.45) is 0 Å². The van der Waals surface area contributed by atoms with Gasteiger partial charge >= 0.3 is 0 Å². The number of aryl methyl sites for hydroxylation is 1. The fraction of sp³-hybridized carbons (Fsp3) is 0.182. The monoisotopic (exact) mass is 248 g/mol. The lowest BCUT2D eigenvalue weighted by Gasteiger charge is -2.05. The molecule has 0 aliphatic rings. The molecule has 0 aliphatic carbocycles. The molecule has 2 rings (SSSR count). The second-order valence-corrected chi connectivity index (χ2v) is 4.44. The number of nitrogens with zero attached hydrogens (tertiary/aromatic N) is 3. The fourth-order valence-electron chi connectivity index (χ4n) is 1.32.